The minimum atomic E-state index is 0.304. The molecule has 124 valence electrons. The molecule has 0 N–H and O–H groups in total. The van der Waals surface area contributed by atoms with Crippen LogP contribution in [0.25, 0.3) is 0 Å². The van der Waals surface area contributed by atoms with Gasteiger partial charge >= 0.3 is 0 Å². The van der Waals surface area contributed by atoms with Crippen molar-refractivity contribution in [1.82, 2.24) is 9.80 Å². The SMILES string of the molecule is COCCN1CCOC[C@@]2(CCCN(Cc3ccsc3)C2)C1. The Labute approximate surface area is 138 Å². The van der Waals surface area contributed by atoms with Gasteiger partial charge in [-0.1, -0.05) is 0 Å². The molecule has 0 amide bonds. The van der Waals surface area contributed by atoms with Crippen molar-refractivity contribution in [2.75, 3.05) is 59.7 Å². The van der Waals surface area contributed by atoms with Crippen LogP contribution in [0.1, 0.15) is 18.4 Å². The second kappa shape index (κ2) is 7.88. The molecule has 2 aliphatic heterocycles. The molecule has 4 nitrogen and oxygen atoms in total. The summed E-state index contributed by atoms with van der Waals surface area (Å²) in [6.07, 6.45) is 2.57. The average molecular weight is 324 g/mol. The van der Waals surface area contributed by atoms with Crippen LogP contribution in [0, 0.1) is 5.41 Å². The first-order valence-electron chi connectivity index (χ1n) is 8.32. The zero-order valence-corrected chi connectivity index (χ0v) is 14.4. The fourth-order valence-electron chi connectivity index (χ4n) is 3.83. The van der Waals surface area contributed by atoms with Gasteiger partial charge in [-0.2, -0.15) is 11.3 Å². The van der Waals surface area contributed by atoms with Gasteiger partial charge in [-0.15, -0.1) is 0 Å². The van der Waals surface area contributed by atoms with Crippen molar-refractivity contribution in [2.45, 2.75) is 19.4 Å². The quantitative estimate of drug-likeness (QED) is 0.830. The third-order valence-corrected chi connectivity index (χ3v) is 5.59. The van der Waals surface area contributed by atoms with Crippen LogP contribution < -0.4 is 0 Å². The summed E-state index contributed by atoms with van der Waals surface area (Å²) < 4.78 is 11.2. The lowest BCUT2D eigenvalue weighted by atomic mass is 9.80. The highest BCUT2D eigenvalue weighted by Crippen LogP contribution is 2.33. The summed E-state index contributed by atoms with van der Waals surface area (Å²) in [6, 6.07) is 2.25. The number of thiophene rings is 1. The summed E-state index contributed by atoms with van der Waals surface area (Å²) in [5.41, 5.74) is 1.76. The zero-order valence-electron chi connectivity index (χ0n) is 13.6. The van der Waals surface area contributed by atoms with E-state index in [0.29, 0.717) is 5.41 Å². The fraction of sp³-hybridized carbons (Fsp3) is 0.765. The average Bonchev–Trinajstić information content (AvgIpc) is 2.94. The Kier molecular flexibility index (Phi) is 5.88. The Balaban J connectivity index is 1.62. The molecule has 3 rings (SSSR count). The molecular formula is C17H28N2O2S. The smallest absolute Gasteiger partial charge is 0.0593 e. The lowest BCUT2D eigenvalue weighted by Gasteiger charge is -2.43. The third-order valence-electron chi connectivity index (χ3n) is 4.86. The first kappa shape index (κ1) is 16.4. The van der Waals surface area contributed by atoms with Gasteiger partial charge in [0.25, 0.3) is 0 Å². The number of likely N-dealkylation sites (tertiary alicyclic amines) is 1. The number of nitrogens with zero attached hydrogens (tertiary/aromatic N) is 2. The fourth-order valence-corrected chi connectivity index (χ4v) is 4.49. The van der Waals surface area contributed by atoms with E-state index in [1.165, 1.54) is 24.9 Å². The highest BCUT2D eigenvalue weighted by Gasteiger charge is 2.38. The van der Waals surface area contributed by atoms with E-state index >= 15 is 0 Å². The molecule has 2 saturated heterocycles. The lowest BCUT2D eigenvalue weighted by molar-refractivity contribution is 0.00167. The van der Waals surface area contributed by atoms with Crippen LogP contribution in [-0.2, 0) is 16.0 Å². The van der Waals surface area contributed by atoms with Gasteiger partial charge in [-0.25, -0.2) is 0 Å². The number of hydrogen-bond donors (Lipinski definition) is 0. The molecule has 0 saturated carbocycles. The normalized spacial score (nSPS) is 28.0. The summed E-state index contributed by atoms with van der Waals surface area (Å²) in [7, 11) is 1.79. The van der Waals surface area contributed by atoms with Crippen LogP contribution >= 0.6 is 11.3 Å². The number of ether oxygens (including phenoxy) is 2. The zero-order chi connectivity index (χ0) is 15.3. The van der Waals surface area contributed by atoms with Crippen LogP contribution in [-0.4, -0.2) is 69.5 Å². The standard InChI is InChI=1S/C17H28N2O2S/c1-20-8-6-18-7-9-21-15-17(13-18)4-2-5-19(14-17)11-16-3-10-22-12-16/h3,10,12H,2,4-9,11,13-15H2,1H3/t17-/m0/s1. The maximum Gasteiger partial charge on any atom is 0.0593 e. The van der Waals surface area contributed by atoms with Gasteiger partial charge in [0.2, 0.25) is 0 Å². The number of rotatable bonds is 5. The van der Waals surface area contributed by atoms with E-state index in [-0.39, 0.29) is 0 Å². The second-order valence-corrected chi connectivity index (χ2v) is 7.55. The summed E-state index contributed by atoms with van der Waals surface area (Å²) >= 11 is 1.79. The largest absolute Gasteiger partial charge is 0.383 e. The molecule has 1 atom stereocenters. The van der Waals surface area contributed by atoms with E-state index < -0.39 is 0 Å². The minimum Gasteiger partial charge on any atom is -0.383 e. The van der Waals surface area contributed by atoms with Gasteiger partial charge in [0.1, 0.15) is 0 Å². The third kappa shape index (κ3) is 4.30. The molecule has 2 fully saturated rings. The van der Waals surface area contributed by atoms with Gasteiger partial charge in [0.05, 0.1) is 19.8 Å². The molecule has 3 heterocycles. The summed E-state index contributed by atoms with van der Waals surface area (Å²) in [5, 5.41) is 4.45. The molecule has 2 aliphatic rings. The monoisotopic (exact) mass is 324 g/mol. The Hall–Kier alpha value is -0.460. The van der Waals surface area contributed by atoms with Crippen LogP contribution in [0.5, 0.6) is 0 Å². The number of piperidine rings is 1. The van der Waals surface area contributed by atoms with Crippen LogP contribution in [0.4, 0.5) is 0 Å². The van der Waals surface area contributed by atoms with Crippen molar-refractivity contribution in [3.8, 4) is 0 Å². The second-order valence-electron chi connectivity index (χ2n) is 6.77. The molecule has 5 heteroatoms. The highest BCUT2D eigenvalue weighted by atomic mass is 32.1. The molecule has 0 radical (unpaired) electrons. The van der Waals surface area contributed by atoms with Gasteiger partial charge in [-0.05, 0) is 41.8 Å². The van der Waals surface area contributed by atoms with E-state index in [0.717, 1.165) is 52.5 Å². The molecule has 0 bridgehead atoms. The van der Waals surface area contributed by atoms with Crippen molar-refractivity contribution in [3.63, 3.8) is 0 Å². The topological polar surface area (TPSA) is 24.9 Å². The Morgan fingerprint density at radius 2 is 2.23 bits per heavy atom. The predicted molar refractivity (Wildman–Crippen MR) is 90.4 cm³/mol. The highest BCUT2D eigenvalue weighted by molar-refractivity contribution is 7.07. The van der Waals surface area contributed by atoms with Crippen molar-refractivity contribution >= 4 is 11.3 Å². The van der Waals surface area contributed by atoms with Gasteiger partial charge in [0.15, 0.2) is 0 Å². The molecule has 0 aromatic carbocycles. The molecule has 22 heavy (non-hydrogen) atoms. The van der Waals surface area contributed by atoms with E-state index in [1.54, 1.807) is 18.4 Å². The molecule has 0 aliphatic carbocycles. The first-order chi connectivity index (χ1) is 10.8. The van der Waals surface area contributed by atoms with E-state index in [9.17, 15) is 0 Å². The number of methoxy groups -OCH3 is 1. The van der Waals surface area contributed by atoms with Crippen molar-refractivity contribution in [2.24, 2.45) is 5.41 Å². The van der Waals surface area contributed by atoms with Crippen LogP contribution in [0.3, 0.4) is 0 Å². The maximum absolute atomic E-state index is 5.97. The van der Waals surface area contributed by atoms with Crippen LogP contribution in [0.15, 0.2) is 16.8 Å². The molecule has 1 aromatic rings. The molecule has 1 spiro atoms. The van der Waals surface area contributed by atoms with Crippen LogP contribution in [0.2, 0.25) is 0 Å². The minimum absolute atomic E-state index is 0.304. The Bertz CT molecular complexity index is 440. The summed E-state index contributed by atoms with van der Waals surface area (Å²) in [6.45, 7) is 9.25. The predicted octanol–water partition coefficient (Wildman–Crippen LogP) is 2.31. The Morgan fingerprint density at radius 3 is 3.05 bits per heavy atom. The van der Waals surface area contributed by atoms with Crippen molar-refractivity contribution < 1.29 is 9.47 Å². The number of hydrogen-bond acceptors (Lipinski definition) is 5. The van der Waals surface area contributed by atoms with E-state index in [2.05, 4.69) is 26.6 Å². The first-order valence-corrected chi connectivity index (χ1v) is 9.26. The maximum atomic E-state index is 5.97. The van der Waals surface area contributed by atoms with E-state index in [1.807, 2.05) is 0 Å². The summed E-state index contributed by atoms with van der Waals surface area (Å²) in [5.74, 6) is 0. The molecule has 1 aromatic heterocycles. The van der Waals surface area contributed by atoms with Gasteiger partial charge in [-0.3, -0.25) is 9.80 Å². The van der Waals surface area contributed by atoms with Crippen molar-refractivity contribution in [1.29, 1.82) is 0 Å². The summed E-state index contributed by atoms with van der Waals surface area (Å²) in [4.78, 5) is 5.15. The lowest BCUT2D eigenvalue weighted by Crippen LogP contribution is -2.50. The van der Waals surface area contributed by atoms with Gasteiger partial charge < -0.3 is 9.47 Å². The molecular weight excluding hydrogens is 296 g/mol. The Morgan fingerprint density at radius 1 is 1.32 bits per heavy atom. The van der Waals surface area contributed by atoms with Crippen molar-refractivity contribution in [3.05, 3.63) is 22.4 Å². The van der Waals surface area contributed by atoms with Gasteiger partial charge in [0, 0.05) is 45.2 Å². The van der Waals surface area contributed by atoms with E-state index in [4.69, 9.17) is 9.47 Å². The molecule has 0 unspecified atom stereocenters.